The molecular formula is C25H22N6O2S2. The monoisotopic (exact) mass is 502 g/mol. The van der Waals surface area contributed by atoms with Gasteiger partial charge in [-0.25, -0.2) is 0 Å². The first-order chi connectivity index (χ1) is 17.2. The van der Waals surface area contributed by atoms with Crippen molar-refractivity contribution in [3.63, 3.8) is 0 Å². The maximum absolute atomic E-state index is 12.8. The summed E-state index contributed by atoms with van der Waals surface area (Å²) in [5.74, 6) is 1.34. The lowest BCUT2D eigenvalue weighted by molar-refractivity contribution is -0.115. The second-order valence-corrected chi connectivity index (χ2v) is 9.62. The first-order valence-corrected chi connectivity index (χ1v) is 12.8. The quantitative estimate of drug-likeness (QED) is 0.292. The molecule has 0 fully saturated rings. The normalized spacial score (nSPS) is 11.7. The predicted molar refractivity (Wildman–Crippen MR) is 135 cm³/mol. The average Bonchev–Trinajstić information content (AvgIpc) is 3.63. The van der Waals surface area contributed by atoms with Crippen LogP contribution in [0.1, 0.15) is 16.9 Å². The number of aromatic nitrogens is 5. The summed E-state index contributed by atoms with van der Waals surface area (Å²) >= 11 is 2.75. The third kappa shape index (κ3) is 5.67. The van der Waals surface area contributed by atoms with Crippen molar-refractivity contribution in [1.82, 2.24) is 24.3 Å². The van der Waals surface area contributed by atoms with E-state index in [0.29, 0.717) is 28.9 Å². The lowest BCUT2D eigenvalue weighted by Gasteiger charge is -2.08. The first kappa shape index (κ1) is 23.0. The van der Waals surface area contributed by atoms with Crippen molar-refractivity contribution in [2.45, 2.75) is 25.2 Å². The molecule has 5 rings (SSSR count). The molecule has 1 aromatic carbocycles. The van der Waals surface area contributed by atoms with Crippen LogP contribution < -0.4 is 4.80 Å². The fraction of sp³-hybridized carbons (Fsp3) is 0.160. The first-order valence-electron chi connectivity index (χ1n) is 10.9. The van der Waals surface area contributed by atoms with Gasteiger partial charge in [0, 0.05) is 36.1 Å². The van der Waals surface area contributed by atoms with Gasteiger partial charge in [-0.15, -0.1) is 21.5 Å². The van der Waals surface area contributed by atoms with Crippen molar-refractivity contribution >= 4 is 29.0 Å². The Balaban J connectivity index is 1.33. The molecule has 0 bridgehead atoms. The molecule has 0 aliphatic heterocycles. The Morgan fingerprint density at radius 1 is 1.11 bits per heavy atom. The van der Waals surface area contributed by atoms with Gasteiger partial charge >= 0.3 is 0 Å². The highest BCUT2D eigenvalue weighted by Crippen LogP contribution is 2.25. The maximum atomic E-state index is 12.8. The van der Waals surface area contributed by atoms with E-state index in [1.54, 1.807) is 18.7 Å². The summed E-state index contributed by atoms with van der Waals surface area (Å²) in [4.78, 5) is 22.0. The molecule has 0 spiro atoms. The van der Waals surface area contributed by atoms with Gasteiger partial charge in [0.05, 0.1) is 18.6 Å². The number of pyridine rings is 1. The molecule has 0 atom stereocenters. The Kier molecular flexibility index (Phi) is 7.01. The van der Waals surface area contributed by atoms with Crippen LogP contribution in [0.15, 0.2) is 93.3 Å². The lowest BCUT2D eigenvalue weighted by Crippen LogP contribution is -2.17. The van der Waals surface area contributed by atoms with Crippen molar-refractivity contribution in [3.05, 3.63) is 100 Å². The van der Waals surface area contributed by atoms with Crippen molar-refractivity contribution in [3.8, 4) is 11.4 Å². The molecule has 4 aromatic heterocycles. The molecule has 4 heterocycles. The van der Waals surface area contributed by atoms with E-state index in [1.165, 1.54) is 28.7 Å². The second-order valence-electron chi connectivity index (χ2n) is 7.81. The van der Waals surface area contributed by atoms with Crippen molar-refractivity contribution in [1.29, 1.82) is 0 Å². The largest absolute Gasteiger partial charge is 0.467 e. The van der Waals surface area contributed by atoms with Crippen molar-refractivity contribution < 1.29 is 9.21 Å². The van der Waals surface area contributed by atoms with E-state index in [2.05, 4.69) is 51.4 Å². The van der Waals surface area contributed by atoms with E-state index in [0.717, 1.165) is 16.9 Å². The topological polar surface area (TPSA) is 91.1 Å². The van der Waals surface area contributed by atoms with Crippen LogP contribution in [-0.4, -0.2) is 36.0 Å². The van der Waals surface area contributed by atoms with E-state index < -0.39 is 0 Å². The van der Waals surface area contributed by atoms with Gasteiger partial charge in [-0.2, -0.15) is 4.99 Å². The van der Waals surface area contributed by atoms with Crippen LogP contribution in [0.2, 0.25) is 0 Å². The van der Waals surface area contributed by atoms with Gasteiger partial charge in [0.15, 0.2) is 15.8 Å². The molecule has 0 unspecified atom stereocenters. The molecule has 0 aliphatic carbocycles. The number of nitrogens with zero attached hydrogens (tertiary/aromatic N) is 6. The summed E-state index contributed by atoms with van der Waals surface area (Å²) in [5.41, 5.74) is 3.21. The molecule has 5 aromatic rings. The molecule has 35 heavy (non-hydrogen) atoms. The predicted octanol–water partition coefficient (Wildman–Crippen LogP) is 4.42. The van der Waals surface area contributed by atoms with Crippen LogP contribution in [0.4, 0.5) is 0 Å². The molecule has 8 nitrogen and oxygen atoms in total. The molecule has 0 N–H and O–H groups in total. The smallest absolute Gasteiger partial charge is 0.258 e. The minimum atomic E-state index is -0.231. The molecule has 0 aliphatic rings. The van der Waals surface area contributed by atoms with E-state index in [-0.39, 0.29) is 11.7 Å². The third-order valence-corrected chi connectivity index (χ3v) is 6.96. The lowest BCUT2D eigenvalue weighted by atomic mass is 10.1. The Morgan fingerprint density at radius 3 is 2.77 bits per heavy atom. The average molecular weight is 503 g/mol. The maximum Gasteiger partial charge on any atom is 0.258 e. The number of thioether (sulfide) groups is 1. The molecule has 10 heteroatoms. The molecular weight excluding hydrogens is 480 g/mol. The van der Waals surface area contributed by atoms with Gasteiger partial charge < -0.3 is 8.98 Å². The SMILES string of the molecule is Cc1ccc(Cn2ccsc2=NC(=O)CSc2nnc(-c3cccnc3)n2Cc2ccco2)cc1. The fourth-order valence-corrected chi connectivity index (χ4v) is 4.93. The number of carbonyl (C=O) groups is 1. The van der Waals surface area contributed by atoms with Crippen LogP contribution in [0.25, 0.3) is 11.4 Å². The van der Waals surface area contributed by atoms with Gasteiger partial charge in [-0.05, 0) is 36.8 Å². The highest BCUT2D eigenvalue weighted by atomic mass is 32.2. The number of rotatable bonds is 8. The zero-order valence-electron chi connectivity index (χ0n) is 18.9. The molecule has 1 amide bonds. The molecule has 0 saturated heterocycles. The van der Waals surface area contributed by atoms with Crippen LogP contribution in [-0.2, 0) is 17.9 Å². The number of amides is 1. The van der Waals surface area contributed by atoms with Crippen molar-refractivity contribution in [2.24, 2.45) is 4.99 Å². The number of carbonyl (C=O) groups excluding carboxylic acids is 1. The van der Waals surface area contributed by atoms with Crippen LogP contribution in [0.5, 0.6) is 0 Å². The summed E-state index contributed by atoms with van der Waals surface area (Å²) < 4.78 is 9.44. The number of aryl methyl sites for hydroxylation is 1. The van der Waals surface area contributed by atoms with Gasteiger partial charge in [-0.3, -0.25) is 14.3 Å². The van der Waals surface area contributed by atoms with Crippen LogP contribution in [0.3, 0.4) is 0 Å². The molecule has 176 valence electrons. The number of furan rings is 1. The number of hydrogen-bond donors (Lipinski definition) is 0. The van der Waals surface area contributed by atoms with E-state index in [1.807, 2.05) is 45.0 Å². The van der Waals surface area contributed by atoms with Crippen LogP contribution >= 0.6 is 23.1 Å². The Labute approximate surface area is 210 Å². The fourth-order valence-electron chi connectivity index (χ4n) is 3.47. The van der Waals surface area contributed by atoms with E-state index in [9.17, 15) is 4.79 Å². The summed E-state index contributed by atoms with van der Waals surface area (Å²) in [6, 6.07) is 15.9. The van der Waals surface area contributed by atoms with Gasteiger partial charge in [0.2, 0.25) is 0 Å². The zero-order valence-corrected chi connectivity index (χ0v) is 20.6. The number of thiazole rings is 1. The number of benzene rings is 1. The van der Waals surface area contributed by atoms with Gasteiger partial charge in [0.1, 0.15) is 5.76 Å². The standard InChI is InChI=1S/C25H22N6O2S2/c1-18-6-8-19(9-7-18)15-30-11-13-34-24(30)27-22(32)17-35-25-29-28-23(20-4-2-10-26-14-20)31(25)16-21-5-3-12-33-21/h2-14H,15-17H2,1H3. The number of hydrogen-bond acceptors (Lipinski definition) is 7. The van der Waals surface area contributed by atoms with Crippen molar-refractivity contribution in [2.75, 3.05) is 5.75 Å². The second kappa shape index (κ2) is 10.7. The summed E-state index contributed by atoms with van der Waals surface area (Å²) in [5, 5.41) is 11.2. The molecule has 0 radical (unpaired) electrons. The highest BCUT2D eigenvalue weighted by Gasteiger charge is 2.17. The van der Waals surface area contributed by atoms with E-state index in [4.69, 9.17) is 4.42 Å². The Morgan fingerprint density at radius 2 is 2.00 bits per heavy atom. The Bertz CT molecular complexity index is 1470. The molecule has 0 saturated carbocycles. The highest BCUT2D eigenvalue weighted by molar-refractivity contribution is 7.99. The summed E-state index contributed by atoms with van der Waals surface area (Å²) in [6.45, 7) is 3.17. The minimum Gasteiger partial charge on any atom is -0.467 e. The zero-order chi connectivity index (χ0) is 24.0. The third-order valence-electron chi connectivity index (χ3n) is 5.21. The summed E-state index contributed by atoms with van der Waals surface area (Å²) in [7, 11) is 0. The van der Waals surface area contributed by atoms with Gasteiger partial charge in [0.25, 0.3) is 5.91 Å². The Hall–Kier alpha value is -3.76. The van der Waals surface area contributed by atoms with Crippen LogP contribution in [0, 0.1) is 6.92 Å². The summed E-state index contributed by atoms with van der Waals surface area (Å²) in [6.07, 6.45) is 7.03. The van der Waals surface area contributed by atoms with Gasteiger partial charge in [-0.1, -0.05) is 41.6 Å². The van der Waals surface area contributed by atoms with E-state index >= 15 is 0 Å². The minimum absolute atomic E-state index is 0.145.